The van der Waals surface area contributed by atoms with Gasteiger partial charge in [-0.25, -0.2) is 9.59 Å². The third-order valence-electron chi connectivity index (χ3n) is 5.69. The molecular formula is C27H42N2O7. The summed E-state index contributed by atoms with van der Waals surface area (Å²) in [4.78, 5) is 40.0. The first-order valence-corrected chi connectivity index (χ1v) is 12.4. The van der Waals surface area contributed by atoms with Gasteiger partial charge in [-0.15, -0.1) is 0 Å². The second-order valence-electron chi connectivity index (χ2n) is 11.1. The molecule has 1 aliphatic heterocycles. The van der Waals surface area contributed by atoms with Crippen LogP contribution in [0.1, 0.15) is 59.9 Å². The van der Waals surface area contributed by atoms with E-state index in [1.807, 2.05) is 51.1 Å². The highest BCUT2D eigenvalue weighted by atomic mass is 16.6. The van der Waals surface area contributed by atoms with Crippen molar-refractivity contribution in [3.05, 3.63) is 35.9 Å². The van der Waals surface area contributed by atoms with Gasteiger partial charge in [0.15, 0.2) is 0 Å². The van der Waals surface area contributed by atoms with E-state index in [0.717, 1.165) is 5.56 Å². The number of benzene rings is 1. The van der Waals surface area contributed by atoms with Gasteiger partial charge in [0.05, 0.1) is 19.8 Å². The van der Waals surface area contributed by atoms with Crippen LogP contribution in [0.2, 0.25) is 0 Å². The Morgan fingerprint density at radius 1 is 1.06 bits per heavy atom. The fourth-order valence-electron chi connectivity index (χ4n) is 3.94. The fourth-order valence-corrected chi connectivity index (χ4v) is 3.94. The Balaban J connectivity index is 1.96. The van der Waals surface area contributed by atoms with Crippen molar-refractivity contribution in [2.24, 2.45) is 5.41 Å². The van der Waals surface area contributed by atoms with Crippen LogP contribution >= 0.6 is 0 Å². The van der Waals surface area contributed by atoms with Crippen molar-refractivity contribution in [2.75, 3.05) is 26.9 Å². The Morgan fingerprint density at radius 2 is 1.72 bits per heavy atom. The lowest BCUT2D eigenvalue weighted by atomic mass is 9.85. The van der Waals surface area contributed by atoms with Crippen molar-refractivity contribution in [1.82, 2.24) is 10.2 Å². The van der Waals surface area contributed by atoms with Crippen LogP contribution < -0.4 is 5.32 Å². The van der Waals surface area contributed by atoms with Gasteiger partial charge >= 0.3 is 12.1 Å². The summed E-state index contributed by atoms with van der Waals surface area (Å²) in [5.74, 6) is -0.883. The lowest BCUT2D eigenvalue weighted by molar-refractivity contribution is -0.152. The van der Waals surface area contributed by atoms with Crippen LogP contribution in [0.25, 0.3) is 0 Å². The van der Waals surface area contributed by atoms with Crippen LogP contribution in [0.4, 0.5) is 4.79 Å². The van der Waals surface area contributed by atoms with E-state index in [4.69, 9.17) is 18.9 Å². The minimum absolute atomic E-state index is 0.228. The molecule has 1 heterocycles. The summed E-state index contributed by atoms with van der Waals surface area (Å²) < 4.78 is 22.0. The van der Waals surface area contributed by atoms with Crippen molar-refractivity contribution in [3.63, 3.8) is 0 Å². The number of amides is 2. The minimum atomic E-state index is -0.898. The zero-order valence-electron chi connectivity index (χ0n) is 22.7. The maximum absolute atomic E-state index is 13.6. The fraction of sp³-hybridized carbons (Fsp3) is 0.667. The Hall–Kier alpha value is -2.65. The molecule has 1 N–H and O–H groups in total. The van der Waals surface area contributed by atoms with Gasteiger partial charge in [-0.05, 0) is 38.2 Å². The number of alkyl carbamates (subject to hydrolysis) is 1. The Labute approximate surface area is 214 Å². The molecule has 3 atom stereocenters. The molecule has 0 aliphatic carbocycles. The predicted octanol–water partition coefficient (Wildman–Crippen LogP) is 3.69. The number of esters is 1. The van der Waals surface area contributed by atoms with Crippen molar-refractivity contribution < 1.29 is 33.3 Å². The molecule has 1 aromatic rings. The van der Waals surface area contributed by atoms with Gasteiger partial charge in [-0.3, -0.25) is 4.79 Å². The van der Waals surface area contributed by atoms with Crippen LogP contribution in [0, 0.1) is 5.41 Å². The molecule has 0 bridgehead atoms. The van der Waals surface area contributed by atoms with Gasteiger partial charge in [0.1, 0.15) is 17.7 Å². The van der Waals surface area contributed by atoms with E-state index in [1.54, 1.807) is 20.8 Å². The maximum atomic E-state index is 13.6. The molecule has 0 spiro atoms. The van der Waals surface area contributed by atoms with Gasteiger partial charge in [0.2, 0.25) is 5.91 Å². The molecule has 0 saturated carbocycles. The quantitative estimate of drug-likeness (QED) is 0.381. The molecule has 1 aliphatic rings. The predicted molar refractivity (Wildman–Crippen MR) is 135 cm³/mol. The topological polar surface area (TPSA) is 103 Å². The second kappa shape index (κ2) is 13.1. The van der Waals surface area contributed by atoms with E-state index in [2.05, 4.69) is 5.32 Å². The summed E-state index contributed by atoms with van der Waals surface area (Å²) in [5, 5.41) is 2.70. The first-order valence-electron chi connectivity index (χ1n) is 12.4. The standard InChI is InChI=1S/C27H42N2O7/c1-26(2,3)22(28-25(32)36-27(4,5)6)23(30)29-17-20(16-21(29)24(31)33-7)35-15-11-14-34-18-19-12-9-8-10-13-19/h8-10,12-13,20-22H,11,14-18H2,1-7H3,(H,28,32)/t20-,21-,22+/m0/s1. The number of hydrogen-bond acceptors (Lipinski definition) is 7. The van der Waals surface area contributed by atoms with E-state index in [-0.39, 0.29) is 18.6 Å². The van der Waals surface area contributed by atoms with Crippen LogP contribution in [-0.2, 0) is 35.1 Å². The van der Waals surface area contributed by atoms with Gasteiger partial charge in [-0.2, -0.15) is 0 Å². The highest BCUT2D eigenvalue weighted by Gasteiger charge is 2.46. The summed E-state index contributed by atoms with van der Waals surface area (Å²) in [5.41, 5.74) is -0.219. The Kier molecular flexibility index (Phi) is 10.7. The third kappa shape index (κ3) is 9.43. The summed E-state index contributed by atoms with van der Waals surface area (Å²) in [6, 6.07) is 8.24. The van der Waals surface area contributed by atoms with E-state index in [1.165, 1.54) is 12.0 Å². The number of carbonyl (C=O) groups is 3. The molecule has 9 nitrogen and oxygen atoms in total. The normalized spacial score (nSPS) is 19.0. The third-order valence-corrected chi connectivity index (χ3v) is 5.69. The average Bonchev–Trinajstić information content (AvgIpc) is 3.22. The van der Waals surface area contributed by atoms with Crippen molar-refractivity contribution in [2.45, 2.75) is 84.8 Å². The van der Waals surface area contributed by atoms with Crippen LogP contribution in [-0.4, -0.2) is 73.5 Å². The zero-order valence-corrected chi connectivity index (χ0v) is 22.7. The molecule has 1 fully saturated rings. The van der Waals surface area contributed by atoms with Gasteiger partial charge in [0, 0.05) is 26.2 Å². The number of ether oxygens (including phenoxy) is 4. The highest BCUT2D eigenvalue weighted by molar-refractivity contribution is 5.91. The lowest BCUT2D eigenvalue weighted by Gasteiger charge is -2.35. The smallest absolute Gasteiger partial charge is 0.408 e. The lowest BCUT2D eigenvalue weighted by Crippen LogP contribution is -2.57. The van der Waals surface area contributed by atoms with E-state index >= 15 is 0 Å². The molecule has 0 unspecified atom stereocenters. The van der Waals surface area contributed by atoms with Crippen molar-refractivity contribution in [3.8, 4) is 0 Å². The number of carbonyl (C=O) groups excluding carboxylic acids is 3. The maximum Gasteiger partial charge on any atom is 0.408 e. The van der Waals surface area contributed by atoms with Crippen LogP contribution in [0.3, 0.4) is 0 Å². The number of likely N-dealkylation sites (tertiary alicyclic amines) is 1. The van der Waals surface area contributed by atoms with E-state index < -0.39 is 35.2 Å². The Morgan fingerprint density at radius 3 is 2.31 bits per heavy atom. The molecule has 36 heavy (non-hydrogen) atoms. The first-order chi connectivity index (χ1) is 16.8. The van der Waals surface area contributed by atoms with E-state index in [0.29, 0.717) is 32.7 Å². The molecule has 0 aromatic heterocycles. The van der Waals surface area contributed by atoms with Crippen molar-refractivity contribution in [1.29, 1.82) is 0 Å². The number of hydrogen-bond donors (Lipinski definition) is 1. The molecule has 202 valence electrons. The summed E-state index contributed by atoms with van der Waals surface area (Å²) in [6.07, 6.45) is -0.000361. The average molecular weight is 507 g/mol. The summed E-state index contributed by atoms with van der Waals surface area (Å²) in [7, 11) is 1.30. The largest absolute Gasteiger partial charge is 0.467 e. The second-order valence-corrected chi connectivity index (χ2v) is 11.1. The molecular weight excluding hydrogens is 464 g/mol. The highest BCUT2D eigenvalue weighted by Crippen LogP contribution is 2.28. The molecule has 0 radical (unpaired) electrons. The molecule has 2 amide bonds. The van der Waals surface area contributed by atoms with Crippen molar-refractivity contribution >= 4 is 18.0 Å². The first kappa shape index (κ1) is 29.6. The monoisotopic (exact) mass is 506 g/mol. The number of nitrogens with one attached hydrogen (secondary N) is 1. The molecule has 2 rings (SSSR count). The molecule has 1 saturated heterocycles. The Bertz CT molecular complexity index is 861. The van der Waals surface area contributed by atoms with Gasteiger partial charge < -0.3 is 29.2 Å². The number of rotatable bonds is 10. The van der Waals surface area contributed by atoms with Gasteiger partial charge in [-0.1, -0.05) is 51.1 Å². The van der Waals surface area contributed by atoms with E-state index in [9.17, 15) is 14.4 Å². The minimum Gasteiger partial charge on any atom is -0.467 e. The SMILES string of the molecule is COC(=O)[C@@H]1C[C@H](OCCCOCc2ccccc2)CN1C(=O)[C@@H](NC(=O)OC(C)(C)C)C(C)(C)C. The van der Waals surface area contributed by atoms with Crippen LogP contribution in [0.5, 0.6) is 0 Å². The molecule has 9 heteroatoms. The summed E-state index contributed by atoms with van der Waals surface area (Å²) >= 11 is 0. The zero-order chi connectivity index (χ0) is 26.9. The summed E-state index contributed by atoms with van der Waals surface area (Å²) in [6.45, 7) is 12.5. The number of nitrogens with zero attached hydrogens (tertiary/aromatic N) is 1. The number of methoxy groups -OCH3 is 1. The van der Waals surface area contributed by atoms with Crippen LogP contribution in [0.15, 0.2) is 30.3 Å². The van der Waals surface area contributed by atoms with Gasteiger partial charge in [0.25, 0.3) is 0 Å². The molecule has 1 aromatic carbocycles.